The van der Waals surface area contributed by atoms with Gasteiger partial charge < -0.3 is 0 Å². The third kappa shape index (κ3) is 6.31. The number of esters is 3. The Hall–Kier alpha value is -1.93. The molecular weight excluding hydrogens is 435 g/mol. The Balaban J connectivity index is 2.36. The summed E-state index contributed by atoms with van der Waals surface area (Å²) in [5.41, 5.74) is 0. The molecule has 0 aromatic heterocycles. The molecule has 5 atom stereocenters. The van der Waals surface area contributed by atoms with Gasteiger partial charge in [0.05, 0.1) is 0 Å². The first kappa shape index (κ1) is 22.4. The molecule has 0 amide bonds. The number of rotatable bonds is 7. The number of hydrogen-bond donors (Lipinski definition) is 0. The van der Waals surface area contributed by atoms with Crippen molar-refractivity contribution in [2.45, 2.75) is 50.2 Å². The van der Waals surface area contributed by atoms with Crippen LogP contribution >= 0.6 is 0 Å². The van der Waals surface area contributed by atoms with E-state index in [-0.39, 0.29) is 26.4 Å². The van der Waals surface area contributed by atoms with Crippen molar-refractivity contribution in [3.05, 3.63) is 30.3 Å². The predicted octanol–water partition coefficient (Wildman–Crippen LogP) is 0.602. The third-order valence-corrected chi connectivity index (χ3v) is 6.64. The van der Waals surface area contributed by atoms with E-state index in [1.54, 1.807) is 0 Å². The normalized spacial score (nSPS) is 26.9. The molecule has 0 N–H and O–H groups in total. The summed E-state index contributed by atoms with van der Waals surface area (Å²) in [4.78, 5) is 34.3. The van der Waals surface area contributed by atoms with Crippen molar-refractivity contribution in [2.75, 3.05) is 13.7 Å². The van der Waals surface area contributed by atoms with Crippen LogP contribution in [0.1, 0.15) is 20.8 Å². The van der Waals surface area contributed by atoms with Gasteiger partial charge in [-0.25, -0.2) is 0 Å². The Morgan fingerprint density at radius 1 is 0.964 bits per heavy atom. The second kappa shape index (κ2) is 10.6. The van der Waals surface area contributed by atoms with Gasteiger partial charge in [-0.2, -0.15) is 0 Å². The molecule has 1 heterocycles. The topological polar surface area (TPSA) is 97.4 Å². The fraction of sp³-hybridized carbons (Fsp3) is 0.526. The van der Waals surface area contributed by atoms with E-state index in [0.717, 1.165) is 4.46 Å². The van der Waals surface area contributed by atoms with Crippen molar-refractivity contribution in [1.82, 2.24) is 0 Å². The molecule has 1 aromatic rings. The number of carbonyl (C=O) groups excluding carboxylic acids is 3. The zero-order valence-electron chi connectivity index (χ0n) is 16.2. The zero-order valence-corrected chi connectivity index (χ0v) is 17.9. The van der Waals surface area contributed by atoms with Crippen LogP contribution < -0.4 is 4.46 Å². The second-order valence-corrected chi connectivity index (χ2v) is 8.75. The van der Waals surface area contributed by atoms with E-state index in [9.17, 15) is 14.4 Å². The summed E-state index contributed by atoms with van der Waals surface area (Å²) >= 11 is -0.215. The first-order chi connectivity index (χ1) is 13.3. The van der Waals surface area contributed by atoms with Crippen LogP contribution in [0, 0.1) is 0 Å². The molecule has 154 valence electrons. The molecule has 0 unspecified atom stereocenters. The number of ether oxygens (including phenoxy) is 5. The van der Waals surface area contributed by atoms with Crippen LogP contribution in [0.3, 0.4) is 0 Å². The van der Waals surface area contributed by atoms with Gasteiger partial charge in [-0.1, -0.05) is 0 Å². The molecular formula is C19H24O8Se. The third-order valence-electron chi connectivity index (χ3n) is 3.89. The van der Waals surface area contributed by atoms with Crippen LogP contribution in [-0.2, 0) is 38.1 Å². The van der Waals surface area contributed by atoms with Gasteiger partial charge in [0.25, 0.3) is 0 Å². The van der Waals surface area contributed by atoms with Crippen molar-refractivity contribution < 1.29 is 38.1 Å². The van der Waals surface area contributed by atoms with E-state index in [2.05, 4.69) is 0 Å². The van der Waals surface area contributed by atoms with Crippen molar-refractivity contribution in [1.29, 1.82) is 0 Å². The van der Waals surface area contributed by atoms with Gasteiger partial charge in [0.2, 0.25) is 0 Å². The van der Waals surface area contributed by atoms with E-state index in [0.29, 0.717) is 0 Å². The van der Waals surface area contributed by atoms with Gasteiger partial charge in [0.1, 0.15) is 0 Å². The van der Waals surface area contributed by atoms with Crippen LogP contribution in [-0.4, -0.2) is 71.2 Å². The molecule has 1 saturated heterocycles. The average molecular weight is 459 g/mol. The number of methoxy groups -OCH3 is 1. The molecule has 0 spiro atoms. The fourth-order valence-electron chi connectivity index (χ4n) is 2.84. The molecule has 1 aromatic carbocycles. The molecule has 8 nitrogen and oxygen atoms in total. The average Bonchev–Trinajstić information content (AvgIpc) is 2.63. The minimum absolute atomic E-state index is 0.157. The Labute approximate surface area is 170 Å². The maximum absolute atomic E-state index is 11.8. The van der Waals surface area contributed by atoms with E-state index < -0.39 is 42.5 Å². The Kier molecular flexibility index (Phi) is 8.44. The van der Waals surface area contributed by atoms with E-state index in [1.807, 2.05) is 30.3 Å². The molecule has 1 aliphatic rings. The first-order valence-corrected chi connectivity index (χ1v) is 10.5. The molecule has 9 heteroatoms. The molecule has 1 aliphatic heterocycles. The first-order valence-electron chi connectivity index (χ1n) is 8.69. The second-order valence-electron chi connectivity index (χ2n) is 6.12. The molecule has 0 bridgehead atoms. The summed E-state index contributed by atoms with van der Waals surface area (Å²) in [6.07, 6.45) is -3.29. The van der Waals surface area contributed by atoms with Crippen molar-refractivity contribution in [2.24, 2.45) is 0 Å². The van der Waals surface area contributed by atoms with Crippen molar-refractivity contribution >= 4 is 37.3 Å². The molecule has 28 heavy (non-hydrogen) atoms. The minimum atomic E-state index is -0.928. The maximum atomic E-state index is 11.8. The summed E-state index contributed by atoms with van der Waals surface area (Å²) in [5, 5.41) is 0. The summed E-state index contributed by atoms with van der Waals surface area (Å²) in [6.45, 7) is 3.65. The van der Waals surface area contributed by atoms with Gasteiger partial charge in [0.15, 0.2) is 0 Å². The summed E-state index contributed by atoms with van der Waals surface area (Å²) in [6, 6.07) is 9.66. The fourth-order valence-corrected chi connectivity index (χ4v) is 5.49. The Morgan fingerprint density at radius 2 is 1.57 bits per heavy atom. The van der Waals surface area contributed by atoms with Gasteiger partial charge in [-0.05, 0) is 0 Å². The predicted molar refractivity (Wildman–Crippen MR) is 99.0 cm³/mol. The molecule has 2 rings (SSSR count). The van der Waals surface area contributed by atoms with Gasteiger partial charge >= 0.3 is 170 Å². The van der Waals surface area contributed by atoms with E-state index in [4.69, 9.17) is 23.7 Å². The molecule has 0 radical (unpaired) electrons. The van der Waals surface area contributed by atoms with Crippen LogP contribution in [0.25, 0.3) is 0 Å². The monoisotopic (exact) mass is 460 g/mol. The number of benzene rings is 1. The molecule has 0 aliphatic carbocycles. The Bertz CT molecular complexity index is 680. The summed E-state index contributed by atoms with van der Waals surface area (Å²) in [7, 11) is 1.48. The number of carbonyl (C=O) groups is 3. The van der Waals surface area contributed by atoms with Crippen molar-refractivity contribution in [3.63, 3.8) is 0 Å². The van der Waals surface area contributed by atoms with E-state index in [1.165, 1.54) is 27.9 Å². The van der Waals surface area contributed by atoms with Gasteiger partial charge in [0, 0.05) is 0 Å². The standard InChI is InChI=1S/C19H24O8Se/c1-11(20)24-10-15-16(25-12(2)21)17(26-13(3)22)18(19(23-4)27-15)28-14-8-6-5-7-9-14/h5-9,15-19H,10H2,1-4H3/t15-,16-,17+,18-,19-/m1/s1. The van der Waals surface area contributed by atoms with Gasteiger partial charge in [-0.15, -0.1) is 0 Å². The van der Waals surface area contributed by atoms with Crippen LogP contribution in [0.4, 0.5) is 0 Å². The zero-order chi connectivity index (χ0) is 20.7. The quantitative estimate of drug-likeness (QED) is 0.332. The van der Waals surface area contributed by atoms with Crippen LogP contribution in [0.15, 0.2) is 30.3 Å². The summed E-state index contributed by atoms with van der Waals surface area (Å²) in [5.74, 6) is -1.57. The van der Waals surface area contributed by atoms with E-state index >= 15 is 0 Å². The van der Waals surface area contributed by atoms with Gasteiger partial charge in [-0.3, -0.25) is 0 Å². The summed E-state index contributed by atoms with van der Waals surface area (Å²) < 4.78 is 28.5. The molecule has 0 saturated carbocycles. The molecule has 1 fully saturated rings. The Morgan fingerprint density at radius 3 is 2.11 bits per heavy atom. The number of hydrogen-bond acceptors (Lipinski definition) is 8. The van der Waals surface area contributed by atoms with Crippen molar-refractivity contribution in [3.8, 4) is 0 Å². The van der Waals surface area contributed by atoms with Crippen LogP contribution in [0.5, 0.6) is 0 Å². The SMILES string of the molecule is CO[C@@H]1O[C@H](COC(C)=O)[C@@H](OC(C)=O)[C@H](OC(C)=O)[C@H]1[Se]c1ccccc1. The van der Waals surface area contributed by atoms with Crippen LogP contribution in [0.2, 0.25) is 4.82 Å².